The van der Waals surface area contributed by atoms with Gasteiger partial charge in [-0.05, 0) is 79.7 Å². The number of anilines is 2. The van der Waals surface area contributed by atoms with Crippen molar-refractivity contribution in [3.05, 3.63) is 88.7 Å². The van der Waals surface area contributed by atoms with Crippen LogP contribution >= 0.6 is 0 Å². The van der Waals surface area contributed by atoms with Crippen molar-refractivity contribution >= 4 is 17.3 Å². The molecule has 1 aliphatic heterocycles. The lowest BCUT2D eigenvalue weighted by Crippen LogP contribution is -2.22. The van der Waals surface area contributed by atoms with Crippen molar-refractivity contribution < 1.29 is 13.6 Å². The van der Waals surface area contributed by atoms with E-state index in [1.165, 1.54) is 30.3 Å². The maximum atomic E-state index is 14.6. The Bertz CT molecular complexity index is 1420. The molecule has 4 aromatic rings. The summed E-state index contributed by atoms with van der Waals surface area (Å²) in [5.74, 6) is -0.164. The Morgan fingerprint density at radius 3 is 2.18 bits per heavy atom. The molecule has 7 nitrogen and oxygen atoms in total. The third kappa shape index (κ3) is 5.68. The molecule has 0 aliphatic carbocycles. The van der Waals surface area contributed by atoms with Gasteiger partial charge in [-0.2, -0.15) is 0 Å². The number of aromatic nitrogens is 2. The molecule has 0 spiro atoms. The lowest BCUT2D eigenvalue weighted by Gasteiger charge is -2.16. The van der Waals surface area contributed by atoms with Crippen LogP contribution in [-0.4, -0.2) is 33.9 Å². The first kappa shape index (κ1) is 26.8. The third-order valence-electron chi connectivity index (χ3n) is 6.63. The Kier molecular flexibility index (Phi) is 8.07. The fourth-order valence-corrected chi connectivity index (χ4v) is 4.45. The summed E-state index contributed by atoms with van der Waals surface area (Å²) < 4.78 is 26.6. The first-order valence-electron chi connectivity index (χ1n) is 12.5. The highest BCUT2D eigenvalue weighted by atomic mass is 19.1. The van der Waals surface area contributed by atoms with Gasteiger partial charge in [0.15, 0.2) is 0 Å². The van der Waals surface area contributed by atoms with Crippen molar-refractivity contribution in [1.82, 2.24) is 20.2 Å². The van der Waals surface area contributed by atoms with E-state index in [9.17, 15) is 13.6 Å². The smallest absolute Gasteiger partial charge is 0.252 e. The Hall–Kier alpha value is -4.24. The molecule has 3 aromatic carbocycles. The monoisotopic (exact) mass is 518 g/mol. The first-order chi connectivity index (χ1) is 18.2. The van der Waals surface area contributed by atoms with E-state index >= 15 is 0 Å². The van der Waals surface area contributed by atoms with Crippen LogP contribution in [0.25, 0.3) is 22.5 Å². The van der Waals surface area contributed by atoms with Crippen LogP contribution in [0.2, 0.25) is 0 Å². The minimum Gasteiger partial charge on any atom is -0.399 e. The molecule has 2 heterocycles. The molecule has 0 fully saturated rings. The number of nitrogens with one attached hydrogen (secondary N) is 2. The number of carbonyl (C=O) groups is 1. The molecule has 0 saturated heterocycles. The molecule has 9 heteroatoms. The van der Waals surface area contributed by atoms with E-state index in [0.29, 0.717) is 40.4 Å². The maximum Gasteiger partial charge on any atom is 0.252 e. The molecule has 0 radical (unpaired) electrons. The molecular formula is C29H32F2N6O. The maximum absolute atomic E-state index is 14.6. The third-order valence-corrected chi connectivity index (χ3v) is 6.63. The van der Waals surface area contributed by atoms with Gasteiger partial charge in [0.25, 0.3) is 5.91 Å². The van der Waals surface area contributed by atoms with E-state index in [2.05, 4.69) is 29.0 Å². The van der Waals surface area contributed by atoms with E-state index in [1.54, 1.807) is 12.1 Å². The predicted molar refractivity (Wildman–Crippen MR) is 147 cm³/mol. The molecule has 1 aromatic heterocycles. The van der Waals surface area contributed by atoms with E-state index in [1.807, 2.05) is 19.1 Å². The van der Waals surface area contributed by atoms with Crippen LogP contribution in [0.1, 0.15) is 41.2 Å². The fraction of sp³-hybridized carbons (Fsp3) is 0.241. The number of fused-ring (bicyclic) bond motifs is 1. The fourth-order valence-electron chi connectivity index (χ4n) is 4.45. The molecule has 6 N–H and O–H groups in total. The molecule has 5 rings (SSSR count). The first-order valence-corrected chi connectivity index (χ1v) is 12.5. The zero-order valence-electron chi connectivity index (χ0n) is 21.7. The van der Waals surface area contributed by atoms with Crippen molar-refractivity contribution in [2.24, 2.45) is 0 Å². The lowest BCUT2D eigenvalue weighted by atomic mass is 9.92. The van der Waals surface area contributed by atoms with E-state index < -0.39 is 5.82 Å². The highest BCUT2D eigenvalue weighted by Gasteiger charge is 2.28. The number of rotatable bonds is 6. The van der Waals surface area contributed by atoms with Crippen LogP contribution in [0.3, 0.4) is 0 Å². The van der Waals surface area contributed by atoms with Crippen molar-refractivity contribution in [1.29, 1.82) is 0 Å². The zero-order valence-corrected chi connectivity index (χ0v) is 21.7. The van der Waals surface area contributed by atoms with E-state index in [0.717, 1.165) is 42.1 Å². The molecule has 0 atom stereocenters. The number of imidazole rings is 1. The summed E-state index contributed by atoms with van der Waals surface area (Å²) in [7, 11) is 0. The number of nitrogens with two attached hydrogens (primary N) is 2. The Labute approximate surface area is 220 Å². The molecular weight excluding hydrogens is 486 g/mol. The summed E-state index contributed by atoms with van der Waals surface area (Å²) in [6, 6.07) is 14.0. The Balaban J connectivity index is 0.000000360. The zero-order chi connectivity index (χ0) is 27.4. The number of nitrogens with zero attached hydrogens (tertiary/aromatic N) is 2. The van der Waals surface area contributed by atoms with Crippen LogP contribution in [-0.2, 0) is 13.1 Å². The number of hydrogen-bond acceptors (Lipinski definition) is 5. The molecule has 0 bridgehead atoms. The van der Waals surface area contributed by atoms with Crippen molar-refractivity contribution in [2.45, 2.75) is 33.9 Å². The molecule has 198 valence electrons. The lowest BCUT2D eigenvalue weighted by molar-refractivity contribution is 0.0966. The summed E-state index contributed by atoms with van der Waals surface area (Å²) in [6.07, 6.45) is 0. The van der Waals surface area contributed by atoms with E-state index in [-0.39, 0.29) is 11.7 Å². The Morgan fingerprint density at radius 1 is 0.921 bits per heavy atom. The number of hydrogen-bond donors (Lipinski definition) is 4. The van der Waals surface area contributed by atoms with Gasteiger partial charge in [-0.3, -0.25) is 9.69 Å². The minimum atomic E-state index is -0.403. The van der Waals surface area contributed by atoms with Gasteiger partial charge in [0.05, 0.1) is 11.3 Å². The summed E-state index contributed by atoms with van der Waals surface area (Å²) in [5.41, 5.74) is 17.0. The molecule has 1 amide bonds. The number of H-pyrrole nitrogens is 1. The van der Waals surface area contributed by atoms with Gasteiger partial charge in [-0.25, -0.2) is 13.8 Å². The quantitative estimate of drug-likeness (QED) is 0.260. The molecule has 1 aliphatic rings. The minimum absolute atomic E-state index is 0.169. The van der Waals surface area contributed by atoms with E-state index in [4.69, 9.17) is 16.5 Å². The number of aromatic amines is 1. The number of carbonyl (C=O) groups excluding carboxylic acids is 1. The summed E-state index contributed by atoms with van der Waals surface area (Å²) in [6.45, 7) is 9.23. The van der Waals surface area contributed by atoms with Crippen LogP contribution in [0.4, 0.5) is 20.2 Å². The van der Waals surface area contributed by atoms with Gasteiger partial charge in [-0.15, -0.1) is 0 Å². The van der Waals surface area contributed by atoms with Crippen molar-refractivity contribution in [3.8, 4) is 22.5 Å². The van der Waals surface area contributed by atoms with Gasteiger partial charge in [-0.1, -0.05) is 19.9 Å². The summed E-state index contributed by atoms with van der Waals surface area (Å²) in [4.78, 5) is 23.1. The summed E-state index contributed by atoms with van der Waals surface area (Å²) in [5, 5.41) is 2.87. The van der Waals surface area contributed by atoms with Gasteiger partial charge in [0.1, 0.15) is 17.5 Å². The standard InChI is InChI=1S/C23H26FN5O.C6H6FN/c1-4-29(5-2)12-20-13(3)27-22(28-20)17-9-8-15(18-11-26-23(30)21(17)18)16-7-6-14(25)10-19(16)24;7-5-1-3-6(8)4-2-5/h6-10H,4-5,11-12,25H2,1-3H3,(H,26,30)(H,27,28);1-4H,8H2. The Morgan fingerprint density at radius 2 is 1.55 bits per heavy atom. The SMILES string of the molecule is CCN(CC)Cc1nc(-c2ccc(-c3ccc(N)cc3F)c3c2C(=O)NC3)[nH]c1C.Nc1ccc(F)cc1. The number of amides is 1. The number of benzene rings is 3. The van der Waals surface area contributed by atoms with Crippen LogP contribution in [0.15, 0.2) is 54.6 Å². The van der Waals surface area contributed by atoms with Gasteiger partial charge < -0.3 is 21.8 Å². The van der Waals surface area contributed by atoms with Crippen molar-refractivity contribution in [3.63, 3.8) is 0 Å². The van der Waals surface area contributed by atoms with Gasteiger partial charge in [0, 0.05) is 41.3 Å². The van der Waals surface area contributed by atoms with Crippen molar-refractivity contribution in [2.75, 3.05) is 24.6 Å². The second kappa shape index (κ2) is 11.4. The summed E-state index contributed by atoms with van der Waals surface area (Å²) >= 11 is 0. The number of halogens is 2. The average Bonchev–Trinajstić information content (AvgIpc) is 3.47. The topological polar surface area (TPSA) is 113 Å². The van der Waals surface area contributed by atoms with Crippen LogP contribution < -0.4 is 16.8 Å². The van der Waals surface area contributed by atoms with Gasteiger partial charge >= 0.3 is 0 Å². The average molecular weight is 519 g/mol. The van der Waals surface area contributed by atoms with Crippen LogP contribution in [0.5, 0.6) is 0 Å². The molecule has 0 saturated carbocycles. The van der Waals surface area contributed by atoms with Gasteiger partial charge in [0.2, 0.25) is 0 Å². The number of nitrogen functional groups attached to an aromatic ring is 2. The van der Waals surface area contributed by atoms with Crippen LogP contribution in [0, 0.1) is 18.6 Å². The highest BCUT2D eigenvalue weighted by molar-refractivity contribution is 6.06. The second-order valence-corrected chi connectivity index (χ2v) is 9.11. The molecule has 38 heavy (non-hydrogen) atoms. The highest BCUT2D eigenvalue weighted by Crippen LogP contribution is 2.37. The number of aryl methyl sites for hydroxylation is 1. The molecule has 0 unspecified atom stereocenters. The predicted octanol–water partition coefficient (Wildman–Crippen LogP) is 5.27. The normalized spacial score (nSPS) is 12.2. The second-order valence-electron chi connectivity index (χ2n) is 9.11. The largest absolute Gasteiger partial charge is 0.399 e.